The largest absolute Gasteiger partial charge is 0.340 e. The molecule has 0 radical (unpaired) electrons. The topological polar surface area (TPSA) is 69.7 Å². The SMILES string of the molecule is CCCS(=O)(=O)N1CCCC1C(=O)N1CCCNCC1. The summed E-state index contributed by atoms with van der Waals surface area (Å²) in [6, 6.07) is -0.468. The van der Waals surface area contributed by atoms with Crippen molar-refractivity contribution in [3.63, 3.8) is 0 Å². The van der Waals surface area contributed by atoms with Crippen molar-refractivity contribution < 1.29 is 13.2 Å². The molecule has 6 nitrogen and oxygen atoms in total. The highest BCUT2D eigenvalue weighted by Gasteiger charge is 2.39. The summed E-state index contributed by atoms with van der Waals surface area (Å²) in [5, 5.41) is 3.26. The fraction of sp³-hybridized carbons (Fsp3) is 0.923. The van der Waals surface area contributed by atoms with Gasteiger partial charge in [-0.15, -0.1) is 0 Å². The zero-order chi connectivity index (χ0) is 14.6. The van der Waals surface area contributed by atoms with Gasteiger partial charge in [0.25, 0.3) is 0 Å². The molecule has 0 saturated carbocycles. The Balaban J connectivity index is 2.07. The molecule has 2 aliphatic rings. The van der Waals surface area contributed by atoms with E-state index in [4.69, 9.17) is 0 Å². The fourth-order valence-corrected chi connectivity index (χ4v) is 4.71. The summed E-state index contributed by atoms with van der Waals surface area (Å²) in [5.74, 6) is 0.129. The molecular formula is C13H25N3O3S. The van der Waals surface area contributed by atoms with E-state index in [0.29, 0.717) is 25.9 Å². The monoisotopic (exact) mass is 303 g/mol. The van der Waals surface area contributed by atoms with Crippen molar-refractivity contribution in [2.24, 2.45) is 0 Å². The molecule has 2 saturated heterocycles. The van der Waals surface area contributed by atoms with Gasteiger partial charge >= 0.3 is 0 Å². The van der Waals surface area contributed by atoms with Crippen molar-refractivity contribution in [2.75, 3.05) is 38.5 Å². The molecule has 0 spiro atoms. The maximum atomic E-state index is 12.6. The van der Waals surface area contributed by atoms with Crippen LogP contribution in [0.4, 0.5) is 0 Å². The first-order valence-electron chi connectivity index (χ1n) is 7.55. The van der Waals surface area contributed by atoms with Gasteiger partial charge < -0.3 is 10.2 Å². The quantitative estimate of drug-likeness (QED) is 0.794. The Labute approximate surface area is 121 Å². The van der Waals surface area contributed by atoms with Crippen LogP contribution in [0.15, 0.2) is 0 Å². The van der Waals surface area contributed by atoms with Crippen LogP contribution in [0, 0.1) is 0 Å². The molecule has 20 heavy (non-hydrogen) atoms. The predicted molar refractivity (Wildman–Crippen MR) is 77.9 cm³/mol. The minimum absolute atomic E-state index is 0.00845. The fourth-order valence-electron chi connectivity index (χ4n) is 2.97. The van der Waals surface area contributed by atoms with Crippen LogP contribution < -0.4 is 5.32 Å². The molecule has 1 atom stereocenters. The lowest BCUT2D eigenvalue weighted by molar-refractivity contribution is -0.134. The molecule has 2 fully saturated rings. The molecule has 1 amide bonds. The molecule has 2 heterocycles. The maximum Gasteiger partial charge on any atom is 0.241 e. The summed E-state index contributed by atoms with van der Waals surface area (Å²) in [6.45, 7) is 5.46. The second-order valence-electron chi connectivity index (χ2n) is 5.51. The Morgan fingerprint density at radius 3 is 2.75 bits per heavy atom. The van der Waals surface area contributed by atoms with Crippen molar-refractivity contribution in [1.29, 1.82) is 0 Å². The van der Waals surface area contributed by atoms with Gasteiger partial charge in [-0.3, -0.25) is 4.79 Å². The van der Waals surface area contributed by atoms with Crippen LogP contribution in [0.3, 0.4) is 0 Å². The molecule has 0 aliphatic carbocycles. The number of sulfonamides is 1. The van der Waals surface area contributed by atoms with E-state index in [1.165, 1.54) is 4.31 Å². The molecule has 2 aliphatic heterocycles. The number of hydrogen-bond donors (Lipinski definition) is 1. The summed E-state index contributed by atoms with van der Waals surface area (Å²) in [5.41, 5.74) is 0. The Morgan fingerprint density at radius 1 is 1.20 bits per heavy atom. The zero-order valence-electron chi connectivity index (χ0n) is 12.2. The van der Waals surface area contributed by atoms with Gasteiger partial charge in [0, 0.05) is 26.2 Å². The Bertz CT molecular complexity index is 430. The van der Waals surface area contributed by atoms with Crippen LogP contribution in [-0.4, -0.2) is 68.0 Å². The highest BCUT2D eigenvalue weighted by molar-refractivity contribution is 7.89. The molecule has 0 aromatic carbocycles. The second kappa shape index (κ2) is 6.87. The molecule has 0 aromatic rings. The van der Waals surface area contributed by atoms with Crippen molar-refractivity contribution in [1.82, 2.24) is 14.5 Å². The Morgan fingerprint density at radius 2 is 2.00 bits per heavy atom. The number of nitrogens with zero attached hydrogens (tertiary/aromatic N) is 2. The van der Waals surface area contributed by atoms with E-state index >= 15 is 0 Å². The van der Waals surface area contributed by atoms with E-state index in [1.807, 2.05) is 11.8 Å². The van der Waals surface area contributed by atoms with Crippen LogP contribution in [0.2, 0.25) is 0 Å². The number of carbonyl (C=O) groups excluding carboxylic acids is 1. The number of carbonyl (C=O) groups is 1. The third-order valence-corrected chi connectivity index (χ3v) is 6.04. The van der Waals surface area contributed by atoms with Crippen LogP contribution in [-0.2, 0) is 14.8 Å². The highest BCUT2D eigenvalue weighted by atomic mass is 32.2. The first kappa shape index (κ1) is 15.7. The van der Waals surface area contributed by atoms with Gasteiger partial charge in [0.1, 0.15) is 6.04 Å². The van der Waals surface area contributed by atoms with Gasteiger partial charge in [-0.1, -0.05) is 6.92 Å². The molecule has 1 N–H and O–H groups in total. The van der Waals surface area contributed by atoms with Crippen molar-refractivity contribution in [3.05, 3.63) is 0 Å². The summed E-state index contributed by atoms with van der Waals surface area (Å²) in [6.07, 6.45) is 2.96. The predicted octanol–water partition coefficient (Wildman–Crippen LogP) is 0.0125. The van der Waals surface area contributed by atoms with E-state index < -0.39 is 16.1 Å². The number of rotatable bonds is 4. The van der Waals surface area contributed by atoms with Crippen LogP contribution in [0.1, 0.15) is 32.6 Å². The molecule has 0 aromatic heterocycles. The number of hydrogen-bond acceptors (Lipinski definition) is 4. The highest BCUT2D eigenvalue weighted by Crippen LogP contribution is 2.23. The van der Waals surface area contributed by atoms with Gasteiger partial charge in [-0.2, -0.15) is 4.31 Å². The van der Waals surface area contributed by atoms with E-state index in [-0.39, 0.29) is 11.7 Å². The number of amides is 1. The minimum Gasteiger partial charge on any atom is -0.340 e. The van der Waals surface area contributed by atoms with Gasteiger partial charge in [-0.05, 0) is 32.2 Å². The van der Waals surface area contributed by atoms with Crippen LogP contribution >= 0.6 is 0 Å². The van der Waals surface area contributed by atoms with E-state index in [9.17, 15) is 13.2 Å². The minimum atomic E-state index is -3.28. The lowest BCUT2D eigenvalue weighted by Crippen LogP contribution is -2.49. The summed E-state index contributed by atoms with van der Waals surface area (Å²) in [4.78, 5) is 14.4. The van der Waals surface area contributed by atoms with Gasteiger partial charge in [0.05, 0.1) is 5.75 Å². The Hall–Kier alpha value is -0.660. The molecule has 7 heteroatoms. The van der Waals surface area contributed by atoms with Gasteiger partial charge in [0.2, 0.25) is 15.9 Å². The van der Waals surface area contributed by atoms with Crippen molar-refractivity contribution in [3.8, 4) is 0 Å². The lowest BCUT2D eigenvalue weighted by Gasteiger charge is -2.28. The van der Waals surface area contributed by atoms with Gasteiger partial charge in [0.15, 0.2) is 0 Å². The first-order valence-corrected chi connectivity index (χ1v) is 9.16. The third kappa shape index (κ3) is 3.51. The summed E-state index contributed by atoms with van der Waals surface area (Å²) in [7, 11) is -3.28. The average molecular weight is 303 g/mol. The summed E-state index contributed by atoms with van der Waals surface area (Å²) < 4.78 is 25.9. The summed E-state index contributed by atoms with van der Waals surface area (Å²) >= 11 is 0. The average Bonchev–Trinajstić information content (AvgIpc) is 2.75. The number of nitrogens with one attached hydrogen (secondary N) is 1. The van der Waals surface area contributed by atoms with E-state index in [0.717, 1.165) is 32.5 Å². The lowest BCUT2D eigenvalue weighted by atomic mass is 10.2. The molecule has 1 unspecified atom stereocenters. The molecular weight excluding hydrogens is 278 g/mol. The van der Waals surface area contributed by atoms with Crippen molar-refractivity contribution in [2.45, 2.75) is 38.6 Å². The molecule has 116 valence electrons. The van der Waals surface area contributed by atoms with E-state index in [2.05, 4.69) is 5.32 Å². The third-order valence-electron chi connectivity index (χ3n) is 3.96. The normalized spacial score (nSPS) is 25.6. The second-order valence-corrected chi connectivity index (χ2v) is 7.55. The smallest absolute Gasteiger partial charge is 0.241 e. The Kier molecular flexibility index (Phi) is 5.40. The van der Waals surface area contributed by atoms with Gasteiger partial charge in [-0.25, -0.2) is 8.42 Å². The van der Waals surface area contributed by atoms with Crippen molar-refractivity contribution >= 4 is 15.9 Å². The zero-order valence-corrected chi connectivity index (χ0v) is 13.0. The van der Waals surface area contributed by atoms with Crippen LogP contribution in [0.25, 0.3) is 0 Å². The van der Waals surface area contributed by atoms with E-state index in [1.54, 1.807) is 0 Å². The molecule has 2 rings (SSSR count). The maximum absolute atomic E-state index is 12.6. The standard InChI is InChI=1S/C13H25N3O3S/c1-2-11-20(18,19)16-9-3-5-12(16)13(17)15-8-4-6-14-7-10-15/h12,14H,2-11H2,1H3. The first-order chi connectivity index (χ1) is 9.56. The molecule has 0 bridgehead atoms. The van der Waals surface area contributed by atoms with Crippen LogP contribution in [0.5, 0.6) is 0 Å².